The Morgan fingerprint density at radius 3 is 2.09 bits per heavy atom. The lowest BCUT2D eigenvalue weighted by Crippen LogP contribution is -2.09. The highest BCUT2D eigenvalue weighted by Crippen LogP contribution is 2.42. The summed E-state index contributed by atoms with van der Waals surface area (Å²) in [5.74, 6) is 0. The smallest absolute Gasteiger partial charge is 0.153 e. The molecule has 9 rings (SSSR count). The molecule has 0 bridgehead atoms. The van der Waals surface area contributed by atoms with Crippen molar-refractivity contribution in [3.63, 3.8) is 0 Å². The first-order chi connectivity index (χ1) is 21.3. The number of rotatable bonds is 4. The SMILES string of the molecule is c1ccc(N(c2ccc(-c3cc4ccccc4c4c3oc3cnccc34)cc2)c2ccc3c(c2)oc2ccccc23)cc1. The van der Waals surface area contributed by atoms with Gasteiger partial charge in [-0.15, -0.1) is 0 Å². The molecule has 0 amide bonds. The number of hydrogen-bond acceptors (Lipinski definition) is 4. The van der Waals surface area contributed by atoms with Crippen molar-refractivity contribution in [2.24, 2.45) is 0 Å². The molecule has 0 fully saturated rings. The number of hydrogen-bond donors (Lipinski definition) is 0. The van der Waals surface area contributed by atoms with E-state index < -0.39 is 0 Å². The third-order valence-electron chi connectivity index (χ3n) is 8.34. The van der Waals surface area contributed by atoms with Crippen LogP contribution in [0.4, 0.5) is 17.1 Å². The van der Waals surface area contributed by atoms with E-state index in [-0.39, 0.29) is 0 Å². The van der Waals surface area contributed by atoms with E-state index in [4.69, 9.17) is 8.83 Å². The molecule has 0 aliphatic heterocycles. The number of nitrogens with zero attached hydrogens (tertiary/aromatic N) is 2. The number of pyridine rings is 1. The van der Waals surface area contributed by atoms with E-state index in [1.165, 1.54) is 10.8 Å². The Kier molecular flexibility index (Phi) is 5.16. The highest BCUT2D eigenvalue weighted by Gasteiger charge is 2.18. The van der Waals surface area contributed by atoms with Crippen molar-refractivity contribution >= 4 is 71.7 Å². The molecule has 0 unspecified atom stereocenters. The van der Waals surface area contributed by atoms with Crippen LogP contribution < -0.4 is 4.90 Å². The molecule has 3 aromatic heterocycles. The van der Waals surface area contributed by atoms with Crippen LogP contribution in [0.15, 0.2) is 155 Å². The van der Waals surface area contributed by atoms with E-state index in [1.54, 1.807) is 6.20 Å². The number of furan rings is 2. The van der Waals surface area contributed by atoms with Crippen LogP contribution in [0.1, 0.15) is 0 Å². The predicted molar refractivity (Wildman–Crippen MR) is 176 cm³/mol. The summed E-state index contributed by atoms with van der Waals surface area (Å²) < 4.78 is 12.7. The maximum atomic E-state index is 6.44. The van der Waals surface area contributed by atoms with Gasteiger partial charge in [0.05, 0.1) is 6.20 Å². The van der Waals surface area contributed by atoms with Gasteiger partial charge >= 0.3 is 0 Å². The van der Waals surface area contributed by atoms with Crippen molar-refractivity contribution in [2.75, 3.05) is 4.90 Å². The number of fused-ring (bicyclic) bond motifs is 8. The zero-order valence-electron chi connectivity index (χ0n) is 23.1. The largest absolute Gasteiger partial charge is 0.456 e. The van der Waals surface area contributed by atoms with Crippen molar-refractivity contribution in [1.29, 1.82) is 0 Å². The van der Waals surface area contributed by atoms with Crippen molar-refractivity contribution < 1.29 is 8.83 Å². The lowest BCUT2D eigenvalue weighted by Gasteiger charge is -2.25. The lowest BCUT2D eigenvalue weighted by atomic mass is 9.96. The minimum absolute atomic E-state index is 0.794. The summed E-state index contributed by atoms with van der Waals surface area (Å²) in [4.78, 5) is 6.57. The summed E-state index contributed by atoms with van der Waals surface area (Å²) in [5.41, 5.74) is 8.75. The van der Waals surface area contributed by atoms with Gasteiger partial charge in [0.1, 0.15) is 16.7 Å². The summed E-state index contributed by atoms with van der Waals surface area (Å²) in [6.07, 6.45) is 3.63. The van der Waals surface area contributed by atoms with Crippen molar-refractivity contribution in [2.45, 2.75) is 0 Å². The van der Waals surface area contributed by atoms with Crippen LogP contribution in [-0.4, -0.2) is 4.98 Å². The maximum absolute atomic E-state index is 6.44. The summed E-state index contributed by atoms with van der Waals surface area (Å²) in [5, 5.41) is 6.81. The van der Waals surface area contributed by atoms with Gasteiger partial charge in [-0.1, -0.05) is 72.8 Å². The van der Waals surface area contributed by atoms with Crippen molar-refractivity contribution in [3.8, 4) is 11.1 Å². The number of aromatic nitrogens is 1. The number of para-hydroxylation sites is 2. The third-order valence-corrected chi connectivity index (χ3v) is 8.34. The van der Waals surface area contributed by atoms with Crippen LogP contribution in [0.5, 0.6) is 0 Å². The van der Waals surface area contributed by atoms with Gasteiger partial charge in [-0.2, -0.15) is 0 Å². The van der Waals surface area contributed by atoms with Gasteiger partial charge in [-0.3, -0.25) is 4.98 Å². The predicted octanol–water partition coefficient (Wildman–Crippen LogP) is 11.2. The first kappa shape index (κ1) is 23.8. The Bertz CT molecular complexity index is 2450. The molecular weight excluding hydrogens is 528 g/mol. The van der Waals surface area contributed by atoms with Crippen LogP contribution in [0.2, 0.25) is 0 Å². The highest BCUT2D eigenvalue weighted by molar-refractivity contribution is 6.22. The number of anilines is 3. The summed E-state index contributed by atoms with van der Waals surface area (Å²) in [7, 11) is 0. The second-order valence-corrected chi connectivity index (χ2v) is 10.8. The van der Waals surface area contributed by atoms with E-state index in [1.807, 2.05) is 30.5 Å². The molecule has 0 atom stereocenters. The normalized spacial score (nSPS) is 11.7. The van der Waals surface area contributed by atoms with Crippen molar-refractivity contribution in [1.82, 2.24) is 4.98 Å². The van der Waals surface area contributed by atoms with Gasteiger partial charge in [0.2, 0.25) is 0 Å². The molecule has 0 N–H and O–H groups in total. The molecule has 0 aliphatic rings. The minimum Gasteiger partial charge on any atom is -0.456 e. The van der Waals surface area contributed by atoms with E-state index in [0.29, 0.717) is 0 Å². The molecule has 0 spiro atoms. The number of benzene rings is 6. The molecule has 6 aromatic carbocycles. The standard InChI is InChI=1S/C39H24N2O2/c1-2-9-27(10-3-1)41(29-18-19-32-31-12-6-7-13-35(31)42-36(32)23-29)28-16-14-25(15-17-28)34-22-26-8-4-5-11-30(26)38-33-20-21-40-24-37(33)43-39(34)38/h1-24H. The summed E-state index contributed by atoms with van der Waals surface area (Å²) >= 11 is 0. The van der Waals surface area contributed by atoms with Crippen LogP contribution in [0.3, 0.4) is 0 Å². The molecule has 0 saturated carbocycles. The molecule has 202 valence electrons. The van der Waals surface area contributed by atoms with E-state index >= 15 is 0 Å². The Labute approximate surface area is 247 Å². The monoisotopic (exact) mass is 552 g/mol. The zero-order chi connectivity index (χ0) is 28.3. The average molecular weight is 553 g/mol. The molecule has 9 aromatic rings. The fourth-order valence-electron chi connectivity index (χ4n) is 6.36. The molecule has 43 heavy (non-hydrogen) atoms. The van der Waals surface area contributed by atoms with E-state index in [2.05, 4.69) is 119 Å². The topological polar surface area (TPSA) is 42.4 Å². The second kappa shape index (κ2) is 9.33. The summed E-state index contributed by atoms with van der Waals surface area (Å²) in [6.45, 7) is 0. The van der Waals surface area contributed by atoms with E-state index in [9.17, 15) is 0 Å². The molecular formula is C39H24N2O2. The summed E-state index contributed by atoms with van der Waals surface area (Å²) in [6, 6.07) is 46.6. The fourth-order valence-corrected chi connectivity index (χ4v) is 6.36. The fraction of sp³-hybridized carbons (Fsp3) is 0. The minimum atomic E-state index is 0.794. The lowest BCUT2D eigenvalue weighted by molar-refractivity contribution is 0.668. The van der Waals surface area contributed by atoms with Crippen LogP contribution in [-0.2, 0) is 0 Å². The Morgan fingerprint density at radius 2 is 1.21 bits per heavy atom. The van der Waals surface area contributed by atoms with Crippen LogP contribution >= 0.6 is 0 Å². The van der Waals surface area contributed by atoms with Gasteiger partial charge < -0.3 is 13.7 Å². The molecule has 3 heterocycles. The Balaban J connectivity index is 1.20. The quantitative estimate of drug-likeness (QED) is 0.218. The zero-order valence-corrected chi connectivity index (χ0v) is 23.1. The molecule has 0 aliphatic carbocycles. The maximum Gasteiger partial charge on any atom is 0.153 e. The second-order valence-electron chi connectivity index (χ2n) is 10.8. The molecule has 0 radical (unpaired) electrons. The Morgan fingerprint density at radius 1 is 0.488 bits per heavy atom. The molecule has 0 saturated heterocycles. The highest BCUT2D eigenvalue weighted by atomic mass is 16.3. The van der Waals surface area contributed by atoms with Gasteiger partial charge in [0.15, 0.2) is 5.58 Å². The first-order valence-corrected chi connectivity index (χ1v) is 14.4. The third kappa shape index (κ3) is 3.74. The van der Waals surface area contributed by atoms with Gasteiger partial charge in [-0.25, -0.2) is 0 Å². The van der Waals surface area contributed by atoms with Gasteiger partial charge in [0.25, 0.3) is 0 Å². The van der Waals surface area contributed by atoms with E-state index in [0.717, 1.165) is 72.1 Å². The van der Waals surface area contributed by atoms with Crippen LogP contribution in [0, 0.1) is 0 Å². The molecule has 4 nitrogen and oxygen atoms in total. The molecule has 4 heteroatoms. The van der Waals surface area contributed by atoms with Crippen molar-refractivity contribution in [3.05, 3.63) is 146 Å². The first-order valence-electron chi connectivity index (χ1n) is 14.4. The average Bonchev–Trinajstić information content (AvgIpc) is 3.64. The van der Waals surface area contributed by atoms with Crippen LogP contribution in [0.25, 0.3) is 65.8 Å². The van der Waals surface area contributed by atoms with Gasteiger partial charge in [-0.05, 0) is 70.9 Å². The Hall–Kier alpha value is -5.87. The van der Waals surface area contributed by atoms with Gasteiger partial charge in [0, 0.05) is 56.4 Å².